The Morgan fingerprint density at radius 1 is 1.50 bits per heavy atom. The lowest BCUT2D eigenvalue weighted by atomic mass is 9.98. The predicted molar refractivity (Wildman–Crippen MR) is 67.0 cm³/mol. The van der Waals surface area contributed by atoms with Crippen LogP contribution in [0.2, 0.25) is 4.34 Å². The van der Waals surface area contributed by atoms with Crippen LogP contribution in [0.25, 0.3) is 0 Å². The molecule has 1 aromatic rings. The van der Waals surface area contributed by atoms with E-state index in [1.165, 1.54) is 11.3 Å². The predicted octanol–water partition coefficient (Wildman–Crippen LogP) is 2.40. The second kappa shape index (κ2) is 4.73. The van der Waals surface area contributed by atoms with Crippen molar-refractivity contribution >= 4 is 28.8 Å². The van der Waals surface area contributed by atoms with Gasteiger partial charge in [0.15, 0.2) is 0 Å². The van der Waals surface area contributed by atoms with Crippen molar-refractivity contribution in [2.75, 3.05) is 6.54 Å². The van der Waals surface area contributed by atoms with Crippen molar-refractivity contribution in [3.05, 3.63) is 21.3 Å². The lowest BCUT2D eigenvalue weighted by molar-refractivity contribution is 0.0907. The van der Waals surface area contributed by atoms with Crippen molar-refractivity contribution in [2.45, 2.75) is 31.2 Å². The van der Waals surface area contributed by atoms with E-state index in [0.717, 1.165) is 25.7 Å². The van der Waals surface area contributed by atoms with E-state index in [9.17, 15) is 4.79 Å². The van der Waals surface area contributed by atoms with Gasteiger partial charge in [-0.05, 0) is 25.0 Å². The lowest BCUT2D eigenvalue weighted by Crippen LogP contribution is -2.51. The highest BCUT2D eigenvalue weighted by molar-refractivity contribution is 7.18. The Labute approximate surface area is 104 Å². The van der Waals surface area contributed by atoms with E-state index in [0.29, 0.717) is 15.8 Å². The molecule has 1 aliphatic carbocycles. The standard InChI is InChI=1S/C11H15ClN2OS/c12-9-4-3-8(16-9)10(15)14-11(7-13)5-1-2-6-11/h3-4H,1-2,5-7,13H2,(H,14,15). The summed E-state index contributed by atoms with van der Waals surface area (Å²) >= 11 is 7.10. The first-order chi connectivity index (χ1) is 7.65. The monoisotopic (exact) mass is 258 g/mol. The van der Waals surface area contributed by atoms with E-state index in [4.69, 9.17) is 17.3 Å². The minimum absolute atomic E-state index is 0.0516. The Bertz CT molecular complexity index is 385. The average Bonchev–Trinajstić information content (AvgIpc) is 2.88. The van der Waals surface area contributed by atoms with Crippen LogP contribution < -0.4 is 11.1 Å². The molecule has 1 saturated carbocycles. The van der Waals surface area contributed by atoms with Crippen molar-refractivity contribution in [3.8, 4) is 0 Å². The number of thiophene rings is 1. The number of amides is 1. The SMILES string of the molecule is NCC1(NC(=O)c2ccc(Cl)s2)CCCC1. The maximum atomic E-state index is 12.0. The molecule has 0 saturated heterocycles. The summed E-state index contributed by atoms with van der Waals surface area (Å²) in [7, 11) is 0. The molecule has 1 aliphatic rings. The fraction of sp³-hybridized carbons (Fsp3) is 0.545. The van der Waals surface area contributed by atoms with Gasteiger partial charge in [-0.3, -0.25) is 4.79 Å². The molecule has 5 heteroatoms. The summed E-state index contributed by atoms with van der Waals surface area (Å²) in [4.78, 5) is 12.6. The highest BCUT2D eigenvalue weighted by atomic mass is 35.5. The van der Waals surface area contributed by atoms with E-state index >= 15 is 0 Å². The van der Waals surface area contributed by atoms with Crippen molar-refractivity contribution in [3.63, 3.8) is 0 Å². The fourth-order valence-corrected chi connectivity index (χ4v) is 3.11. The number of carbonyl (C=O) groups is 1. The maximum absolute atomic E-state index is 12.0. The molecular weight excluding hydrogens is 244 g/mol. The van der Waals surface area contributed by atoms with Gasteiger partial charge in [0.2, 0.25) is 0 Å². The van der Waals surface area contributed by atoms with Gasteiger partial charge < -0.3 is 11.1 Å². The molecule has 1 fully saturated rings. The highest BCUT2D eigenvalue weighted by Crippen LogP contribution is 2.30. The zero-order valence-electron chi connectivity index (χ0n) is 8.96. The smallest absolute Gasteiger partial charge is 0.261 e. The number of nitrogens with one attached hydrogen (secondary N) is 1. The van der Waals surface area contributed by atoms with E-state index in [-0.39, 0.29) is 11.4 Å². The molecule has 0 aliphatic heterocycles. The molecule has 88 valence electrons. The van der Waals surface area contributed by atoms with Crippen LogP contribution in [0.5, 0.6) is 0 Å². The zero-order chi connectivity index (χ0) is 11.6. The Morgan fingerprint density at radius 2 is 2.19 bits per heavy atom. The second-order valence-corrected chi connectivity index (χ2v) is 5.96. The first-order valence-corrected chi connectivity index (χ1v) is 6.63. The molecule has 3 N–H and O–H groups in total. The lowest BCUT2D eigenvalue weighted by Gasteiger charge is -2.28. The van der Waals surface area contributed by atoms with Crippen LogP contribution in [0.1, 0.15) is 35.4 Å². The normalized spacial score (nSPS) is 18.6. The Balaban J connectivity index is 2.06. The molecule has 1 amide bonds. The molecule has 0 radical (unpaired) electrons. The largest absolute Gasteiger partial charge is 0.345 e. The van der Waals surface area contributed by atoms with Crippen molar-refractivity contribution in [2.24, 2.45) is 5.73 Å². The zero-order valence-corrected chi connectivity index (χ0v) is 10.5. The van der Waals surface area contributed by atoms with Gasteiger partial charge >= 0.3 is 0 Å². The van der Waals surface area contributed by atoms with Gasteiger partial charge in [0.05, 0.1) is 14.8 Å². The van der Waals surface area contributed by atoms with Crippen LogP contribution in [-0.4, -0.2) is 18.0 Å². The molecule has 1 heterocycles. The van der Waals surface area contributed by atoms with E-state index in [2.05, 4.69) is 5.32 Å². The third-order valence-corrected chi connectivity index (χ3v) is 4.36. The molecular formula is C11H15ClN2OS. The Morgan fingerprint density at radius 3 is 2.69 bits per heavy atom. The van der Waals surface area contributed by atoms with Gasteiger partial charge in [-0.1, -0.05) is 24.4 Å². The molecule has 0 atom stereocenters. The van der Waals surface area contributed by atoms with Crippen LogP contribution in [0.3, 0.4) is 0 Å². The molecule has 3 nitrogen and oxygen atoms in total. The summed E-state index contributed by atoms with van der Waals surface area (Å²) in [5.74, 6) is -0.0516. The first-order valence-electron chi connectivity index (χ1n) is 5.43. The van der Waals surface area contributed by atoms with E-state index < -0.39 is 0 Å². The molecule has 0 aromatic carbocycles. The van der Waals surface area contributed by atoms with Gasteiger partial charge in [0.25, 0.3) is 5.91 Å². The van der Waals surface area contributed by atoms with Crippen LogP contribution in [0.4, 0.5) is 0 Å². The summed E-state index contributed by atoms with van der Waals surface area (Å²) in [6.45, 7) is 0.512. The average molecular weight is 259 g/mol. The second-order valence-electron chi connectivity index (χ2n) is 4.25. The minimum atomic E-state index is -0.187. The Hall–Kier alpha value is -0.580. The third kappa shape index (κ3) is 2.39. The van der Waals surface area contributed by atoms with Gasteiger partial charge in [0.1, 0.15) is 0 Å². The van der Waals surface area contributed by atoms with Gasteiger partial charge in [-0.15, -0.1) is 11.3 Å². The van der Waals surface area contributed by atoms with Gasteiger partial charge in [0, 0.05) is 6.54 Å². The quantitative estimate of drug-likeness (QED) is 0.875. The van der Waals surface area contributed by atoms with Crippen molar-refractivity contribution in [1.82, 2.24) is 5.32 Å². The van der Waals surface area contributed by atoms with E-state index in [1.807, 2.05) is 0 Å². The van der Waals surface area contributed by atoms with Crippen LogP contribution in [0.15, 0.2) is 12.1 Å². The Kier molecular flexibility index (Phi) is 3.52. The summed E-state index contributed by atoms with van der Waals surface area (Å²) in [6, 6.07) is 3.49. The maximum Gasteiger partial charge on any atom is 0.261 e. The molecule has 16 heavy (non-hydrogen) atoms. The highest BCUT2D eigenvalue weighted by Gasteiger charge is 2.34. The molecule has 0 bridgehead atoms. The number of halogens is 1. The van der Waals surface area contributed by atoms with Crippen LogP contribution in [-0.2, 0) is 0 Å². The first kappa shape index (κ1) is 11.9. The van der Waals surface area contributed by atoms with Gasteiger partial charge in [-0.2, -0.15) is 0 Å². The summed E-state index contributed by atoms with van der Waals surface area (Å²) in [5.41, 5.74) is 5.58. The number of hydrogen-bond acceptors (Lipinski definition) is 3. The number of rotatable bonds is 3. The van der Waals surface area contributed by atoms with E-state index in [1.54, 1.807) is 12.1 Å². The fourth-order valence-electron chi connectivity index (χ4n) is 2.17. The molecule has 1 aromatic heterocycles. The topological polar surface area (TPSA) is 55.1 Å². The molecule has 2 rings (SSSR count). The molecule has 0 spiro atoms. The van der Waals surface area contributed by atoms with Crippen LogP contribution >= 0.6 is 22.9 Å². The molecule has 0 unspecified atom stereocenters. The van der Waals surface area contributed by atoms with Crippen LogP contribution in [0, 0.1) is 0 Å². The van der Waals surface area contributed by atoms with Crippen molar-refractivity contribution < 1.29 is 4.79 Å². The summed E-state index contributed by atoms with van der Waals surface area (Å²) in [5, 5.41) is 3.06. The number of carbonyl (C=O) groups excluding carboxylic acids is 1. The number of nitrogens with two attached hydrogens (primary N) is 1. The summed E-state index contributed by atoms with van der Waals surface area (Å²) < 4.78 is 0.637. The minimum Gasteiger partial charge on any atom is -0.345 e. The number of hydrogen-bond donors (Lipinski definition) is 2. The third-order valence-electron chi connectivity index (χ3n) is 3.13. The summed E-state index contributed by atoms with van der Waals surface area (Å²) in [6.07, 6.45) is 4.24. The van der Waals surface area contributed by atoms with Gasteiger partial charge in [-0.25, -0.2) is 0 Å². The van der Waals surface area contributed by atoms with Crippen molar-refractivity contribution in [1.29, 1.82) is 0 Å².